The molecule has 0 aliphatic heterocycles. The first-order valence-electron chi connectivity index (χ1n) is 4.88. The summed E-state index contributed by atoms with van der Waals surface area (Å²) < 4.78 is 4.87. The second-order valence-corrected chi connectivity index (χ2v) is 3.87. The van der Waals surface area contributed by atoms with Gasteiger partial charge in [-0.05, 0) is 43.5 Å². The quantitative estimate of drug-likeness (QED) is 0.773. The van der Waals surface area contributed by atoms with Gasteiger partial charge in [0.25, 0.3) is 0 Å². The molecule has 0 bridgehead atoms. The van der Waals surface area contributed by atoms with Crippen molar-refractivity contribution in [1.29, 1.82) is 0 Å². The van der Waals surface area contributed by atoms with Gasteiger partial charge in [0.15, 0.2) is 0 Å². The molecule has 0 saturated heterocycles. The summed E-state index contributed by atoms with van der Waals surface area (Å²) in [6.07, 6.45) is 0. The van der Waals surface area contributed by atoms with E-state index in [9.17, 15) is 0 Å². The maximum atomic E-state index is 5.50. The molecule has 0 aliphatic carbocycles. The van der Waals surface area contributed by atoms with E-state index in [0.717, 1.165) is 11.3 Å². The van der Waals surface area contributed by atoms with Crippen LogP contribution in [-0.2, 0) is 0 Å². The Morgan fingerprint density at radius 1 is 1.00 bits per heavy atom. The highest BCUT2D eigenvalue weighted by Gasteiger charge is 2.08. The van der Waals surface area contributed by atoms with E-state index in [2.05, 4.69) is 38.1 Å². The van der Waals surface area contributed by atoms with Crippen molar-refractivity contribution in [2.75, 3.05) is 5.73 Å². The van der Waals surface area contributed by atoms with Gasteiger partial charge in [0.05, 0.1) is 0 Å². The van der Waals surface area contributed by atoms with Gasteiger partial charge in [0.1, 0.15) is 5.69 Å². The number of hydrogen-bond donors (Lipinski definition) is 1. The summed E-state index contributed by atoms with van der Waals surface area (Å²) in [6.45, 7) is 6.25. The van der Waals surface area contributed by atoms with Crippen molar-refractivity contribution in [3.05, 3.63) is 34.9 Å². The van der Waals surface area contributed by atoms with Crippen molar-refractivity contribution in [3.8, 4) is 11.3 Å². The van der Waals surface area contributed by atoms with Crippen LogP contribution in [0, 0.1) is 20.8 Å². The lowest BCUT2D eigenvalue weighted by molar-refractivity contribution is 0.439. The Bertz CT molecular complexity index is 500. The largest absolute Gasteiger partial charge is 0.368 e. The van der Waals surface area contributed by atoms with E-state index in [1.165, 1.54) is 16.7 Å². The molecule has 2 N–H and O–H groups in total. The topological polar surface area (TPSA) is 52.0 Å². The maximum Gasteiger partial charge on any atom is 0.222 e. The van der Waals surface area contributed by atoms with E-state index in [1.807, 2.05) is 0 Å². The molecule has 3 nitrogen and oxygen atoms in total. The summed E-state index contributed by atoms with van der Waals surface area (Å²) in [6, 6.07) is 6.01. The molecule has 2 aromatic rings. The second kappa shape index (κ2) is 3.42. The van der Waals surface area contributed by atoms with E-state index in [0.29, 0.717) is 5.88 Å². The van der Waals surface area contributed by atoms with Crippen LogP contribution in [0.5, 0.6) is 0 Å². The maximum absolute atomic E-state index is 5.50. The third-order valence-electron chi connectivity index (χ3n) is 2.65. The van der Waals surface area contributed by atoms with Crippen LogP contribution in [0.2, 0.25) is 0 Å². The van der Waals surface area contributed by atoms with Gasteiger partial charge in [-0.1, -0.05) is 11.2 Å². The van der Waals surface area contributed by atoms with Crippen LogP contribution in [0.1, 0.15) is 16.7 Å². The molecule has 1 aromatic carbocycles. The molecule has 15 heavy (non-hydrogen) atoms. The van der Waals surface area contributed by atoms with Crippen LogP contribution in [0.4, 0.5) is 5.88 Å². The Labute approximate surface area is 88.9 Å². The molecule has 0 aliphatic rings. The van der Waals surface area contributed by atoms with Gasteiger partial charge in [-0.15, -0.1) is 0 Å². The molecule has 1 heterocycles. The van der Waals surface area contributed by atoms with Crippen LogP contribution < -0.4 is 5.73 Å². The number of anilines is 1. The number of benzene rings is 1. The third-order valence-corrected chi connectivity index (χ3v) is 2.65. The molecular formula is C12H14N2O. The van der Waals surface area contributed by atoms with Gasteiger partial charge in [-0.2, -0.15) is 0 Å². The SMILES string of the molecule is Cc1cc(C)c(-c2cc(N)on2)cc1C. The first-order valence-corrected chi connectivity index (χ1v) is 4.88. The van der Waals surface area contributed by atoms with Gasteiger partial charge < -0.3 is 10.3 Å². The van der Waals surface area contributed by atoms with E-state index in [4.69, 9.17) is 10.3 Å². The fourth-order valence-electron chi connectivity index (χ4n) is 1.65. The zero-order chi connectivity index (χ0) is 11.0. The molecule has 1 aromatic heterocycles. The summed E-state index contributed by atoms with van der Waals surface area (Å²) in [4.78, 5) is 0. The van der Waals surface area contributed by atoms with Gasteiger partial charge in [0.2, 0.25) is 5.88 Å². The smallest absolute Gasteiger partial charge is 0.222 e. The Hall–Kier alpha value is -1.77. The number of aromatic nitrogens is 1. The number of nitrogen functional groups attached to an aromatic ring is 1. The highest BCUT2D eigenvalue weighted by atomic mass is 16.5. The Kier molecular flexibility index (Phi) is 2.23. The highest BCUT2D eigenvalue weighted by Crippen LogP contribution is 2.26. The van der Waals surface area contributed by atoms with Crippen molar-refractivity contribution >= 4 is 5.88 Å². The minimum Gasteiger partial charge on any atom is -0.368 e. The molecule has 0 amide bonds. The monoisotopic (exact) mass is 202 g/mol. The summed E-state index contributed by atoms with van der Waals surface area (Å²) >= 11 is 0. The van der Waals surface area contributed by atoms with E-state index in [-0.39, 0.29) is 0 Å². The fraction of sp³-hybridized carbons (Fsp3) is 0.250. The van der Waals surface area contributed by atoms with Crippen LogP contribution in [0.3, 0.4) is 0 Å². The first-order chi connectivity index (χ1) is 7.08. The summed E-state index contributed by atoms with van der Waals surface area (Å²) in [7, 11) is 0. The summed E-state index contributed by atoms with van der Waals surface area (Å²) in [5.74, 6) is 0.350. The lowest BCUT2D eigenvalue weighted by atomic mass is 9.99. The predicted molar refractivity (Wildman–Crippen MR) is 60.6 cm³/mol. The zero-order valence-electron chi connectivity index (χ0n) is 9.16. The molecular weight excluding hydrogens is 188 g/mol. The fourth-order valence-corrected chi connectivity index (χ4v) is 1.65. The molecule has 0 spiro atoms. The van der Waals surface area contributed by atoms with Crippen LogP contribution in [0.15, 0.2) is 22.7 Å². The molecule has 0 saturated carbocycles. The van der Waals surface area contributed by atoms with Crippen molar-refractivity contribution < 1.29 is 4.52 Å². The zero-order valence-corrected chi connectivity index (χ0v) is 9.16. The van der Waals surface area contributed by atoms with Crippen molar-refractivity contribution in [2.24, 2.45) is 0 Å². The molecule has 0 radical (unpaired) electrons. The predicted octanol–water partition coefficient (Wildman–Crippen LogP) is 2.85. The number of nitrogens with zero attached hydrogens (tertiary/aromatic N) is 1. The minimum atomic E-state index is 0.350. The first kappa shape index (κ1) is 9.77. The molecule has 78 valence electrons. The number of rotatable bonds is 1. The molecule has 0 atom stereocenters. The van der Waals surface area contributed by atoms with Crippen LogP contribution in [0.25, 0.3) is 11.3 Å². The Morgan fingerprint density at radius 3 is 2.27 bits per heavy atom. The summed E-state index contributed by atoms with van der Waals surface area (Å²) in [5, 5.41) is 3.92. The summed E-state index contributed by atoms with van der Waals surface area (Å²) in [5.41, 5.74) is 11.1. The minimum absolute atomic E-state index is 0.350. The number of aryl methyl sites for hydroxylation is 3. The van der Waals surface area contributed by atoms with Gasteiger partial charge in [-0.25, -0.2) is 0 Å². The van der Waals surface area contributed by atoms with E-state index in [1.54, 1.807) is 6.07 Å². The average molecular weight is 202 g/mol. The van der Waals surface area contributed by atoms with E-state index >= 15 is 0 Å². The number of hydrogen-bond acceptors (Lipinski definition) is 3. The molecule has 0 fully saturated rings. The average Bonchev–Trinajstić information content (AvgIpc) is 2.58. The standard InChI is InChI=1S/C12H14N2O/c1-7-4-9(3)10(5-8(7)2)11-6-12(13)15-14-11/h4-6H,13H2,1-3H3. The lowest BCUT2D eigenvalue weighted by Crippen LogP contribution is -1.88. The highest BCUT2D eigenvalue weighted by molar-refractivity contribution is 5.66. The molecule has 3 heteroatoms. The van der Waals surface area contributed by atoms with Gasteiger partial charge >= 0.3 is 0 Å². The van der Waals surface area contributed by atoms with Crippen molar-refractivity contribution in [2.45, 2.75) is 20.8 Å². The Morgan fingerprint density at radius 2 is 1.67 bits per heavy atom. The van der Waals surface area contributed by atoms with E-state index < -0.39 is 0 Å². The molecule has 0 unspecified atom stereocenters. The second-order valence-electron chi connectivity index (χ2n) is 3.87. The van der Waals surface area contributed by atoms with Gasteiger partial charge in [0, 0.05) is 11.6 Å². The van der Waals surface area contributed by atoms with Crippen molar-refractivity contribution in [1.82, 2.24) is 5.16 Å². The normalized spacial score (nSPS) is 10.6. The molecule has 2 rings (SSSR count). The lowest BCUT2D eigenvalue weighted by Gasteiger charge is -2.06. The van der Waals surface area contributed by atoms with Crippen LogP contribution in [-0.4, -0.2) is 5.16 Å². The Balaban J connectivity index is 2.58. The van der Waals surface area contributed by atoms with Gasteiger partial charge in [-0.3, -0.25) is 0 Å². The van der Waals surface area contributed by atoms with Crippen LogP contribution >= 0.6 is 0 Å². The number of nitrogens with two attached hydrogens (primary N) is 1. The third kappa shape index (κ3) is 1.73. The van der Waals surface area contributed by atoms with Crippen molar-refractivity contribution in [3.63, 3.8) is 0 Å².